The molecule has 1 atom stereocenters. The fourth-order valence-electron chi connectivity index (χ4n) is 1.88. The number of nitrogens with two attached hydrogens (primary N) is 1. The zero-order valence-electron chi connectivity index (χ0n) is 12.9. The van der Waals surface area contributed by atoms with Crippen molar-refractivity contribution in [3.05, 3.63) is 35.4 Å². The van der Waals surface area contributed by atoms with Crippen LogP contribution in [0.1, 0.15) is 38.8 Å². The molecule has 3 nitrogen and oxygen atoms in total. The van der Waals surface area contributed by atoms with Crippen LogP contribution in [0.25, 0.3) is 0 Å². The van der Waals surface area contributed by atoms with Crippen molar-refractivity contribution in [2.75, 3.05) is 13.1 Å². The third-order valence-corrected chi connectivity index (χ3v) is 3.65. The quantitative estimate of drug-likeness (QED) is 0.848. The molecule has 3 N–H and O–H groups in total. The second-order valence-electron chi connectivity index (χ2n) is 5.79. The molecule has 0 aliphatic heterocycles. The predicted octanol–water partition coefficient (Wildman–Crippen LogP) is 2.66. The molecule has 0 heterocycles. The van der Waals surface area contributed by atoms with E-state index in [4.69, 9.17) is 5.73 Å². The maximum atomic E-state index is 11.8. The van der Waals surface area contributed by atoms with Crippen LogP contribution in [0.5, 0.6) is 0 Å². The molecule has 1 unspecified atom stereocenters. The predicted molar refractivity (Wildman–Crippen MR) is 87.3 cm³/mol. The van der Waals surface area contributed by atoms with Crippen LogP contribution in [0.2, 0.25) is 0 Å². The molecule has 1 rings (SSSR count). The lowest BCUT2D eigenvalue weighted by atomic mass is 9.84. The van der Waals surface area contributed by atoms with Crippen LogP contribution in [-0.4, -0.2) is 19.0 Å². The summed E-state index contributed by atoms with van der Waals surface area (Å²) in [4.78, 5) is 11.8. The summed E-state index contributed by atoms with van der Waals surface area (Å²) >= 11 is 0. The monoisotopic (exact) mass is 298 g/mol. The number of halogens is 1. The number of carbonyl (C=O) groups excluding carboxylic acids is 1. The van der Waals surface area contributed by atoms with E-state index in [-0.39, 0.29) is 29.6 Å². The summed E-state index contributed by atoms with van der Waals surface area (Å²) in [7, 11) is 0. The minimum Gasteiger partial charge on any atom is -0.355 e. The molecule has 0 radical (unpaired) electrons. The van der Waals surface area contributed by atoms with Gasteiger partial charge < -0.3 is 11.1 Å². The molecule has 1 aromatic rings. The number of rotatable bonds is 6. The van der Waals surface area contributed by atoms with Crippen LogP contribution in [0.15, 0.2) is 24.3 Å². The van der Waals surface area contributed by atoms with Crippen LogP contribution in [0.3, 0.4) is 0 Å². The van der Waals surface area contributed by atoms with Crippen LogP contribution in [0.4, 0.5) is 0 Å². The molecule has 114 valence electrons. The van der Waals surface area contributed by atoms with Gasteiger partial charge in [0.05, 0.1) is 0 Å². The van der Waals surface area contributed by atoms with Gasteiger partial charge in [-0.15, -0.1) is 12.4 Å². The molecule has 0 saturated heterocycles. The fourth-order valence-corrected chi connectivity index (χ4v) is 1.88. The van der Waals surface area contributed by atoms with E-state index < -0.39 is 0 Å². The summed E-state index contributed by atoms with van der Waals surface area (Å²) in [6, 6.07) is 8.61. The van der Waals surface area contributed by atoms with Gasteiger partial charge in [-0.2, -0.15) is 0 Å². The van der Waals surface area contributed by atoms with E-state index in [1.807, 2.05) is 6.92 Å². The molecule has 0 aromatic heterocycles. The van der Waals surface area contributed by atoms with E-state index in [1.165, 1.54) is 11.1 Å². The molecule has 1 amide bonds. The van der Waals surface area contributed by atoms with Gasteiger partial charge in [0.15, 0.2) is 0 Å². The number of carbonyl (C=O) groups is 1. The van der Waals surface area contributed by atoms with Gasteiger partial charge in [-0.05, 0) is 17.5 Å². The highest BCUT2D eigenvalue weighted by molar-refractivity contribution is 5.85. The van der Waals surface area contributed by atoms with Crippen LogP contribution in [-0.2, 0) is 16.6 Å². The lowest BCUT2D eigenvalue weighted by Gasteiger charge is -2.26. The van der Waals surface area contributed by atoms with Crippen molar-refractivity contribution in [2.24, 2.45) is 11.7 Å². The molecule has 0 fully saturated rings. The summed E-state index contributed by atoms with van der Waals surface area (Å²) in [5.41, 5.74) is 8.00. The Labute approximate surface area is 128 Å². The van der Waals surface area contributed by atoms with Gasteiger partial charge in [0.25, 0.3) is 0 Å². The molecular weight excluding hydrogens is 272 g/mol. The van der Waals surface area contributed by atoms with E-state index in [0.717, 1.165) is 6.42 Å². The second-order valence-corrected chi connectivity index (χ2v) is 5.79. The van der Waals surface area contributed by atoms with Crippen molar-refractivity contribution in [3.63, 3.8) is 0 Å². The Morgan fingerprint density at radius 3 is 2.30 bits per heavy atom. The van der Waals surface area contributed by atoms with Crippen LogP contribution in [0, 0.1) is 5.92 Å². The van der Waals surface area contributed by atoms with Crippen LogP contribution < -0.4 is 11.1 Å². The van der Waals surface area contributed by atoms with Crippen molar-refractivity contribution in [2.45, 2.75) is 39.5 Å². The minimum absolute atomic E-state index is 0. The highest BCUT2D eigenvalue weighted by Gasteiger charge is 2.22. The van der Waals surface area contributed by atoms with E-state index in [9.17, 15) is 4.79 Å². The first-order valence-corrected chi connectivity index (χ1v) is 6.98. The molecule has 0 aliphatic rings. The van der Waals surface area contributed by atoms with E-state index in [1.54, 1.807) is 0 Å². The Morgan fingerprint density at radius 1 is 1.30 bits per heavy atom. The van der Waals surface area contributed by atoms with Crippen molar-refractivity contribution in [1.82, 2.24) is 5.32 Å². The topological polar surface area (TPSA) is 55.1 Å². The van der Waals surface area contributed by atoms with Crippen molar-refractivity contribution in [3.8, 4) is 0 Å². The van der Waals surface area contributed by atoms with Gasteiger partial charge in [0.1, 0.15) is 0 Å². The Morgan fingerprint density at radius 2 is 1.85 bits per heavy atom. The highest BCUT2D eigenvalue weighted by atomic mass is 35.5. The molecule has 1 aromatic carbocycles. The molecule has 20 heavy (non-hydrogen) atoms. The zero-order valence-corrected chi connectivity index (χ0v) is 13.7. The third kappa shape index (κ3) is 5.14. The normalized spacial score (nSPS) is 12.4. The first-order valence-electron chi connectivity index (χ1n) is 6.98. The standard InChI is InChI=1S/C16H26N2O.ClH/c1-5-13-6-8-14(9-7-13)16(3,4)11-18-15(19)12(2)10-17;/h6-9,12H,5,10-11,17H2,1-4H3,(H,18,19);1H. The number of benzene rings is 1. The maximum absolute atomic E-state index is 11.8. The fraction of sp³-hybridized carbons (Fsp3) is 0.562. The average Bonchev–Trinajstić information content (AvgIpc) is 2.44. The lowest BCUT2D eigenvalue weighted by molar-refractivity contribution is -0.124. The number of hydrogen-bond donors (Lipinski definition) is 2. The first-order chi connectivity index (χ1) is 8.90. The minimum atomic E-state index is -0.127. The molecular formula is C16H27ClN2O. The van der Waals surface area contributed by atoms with Crippen LogP contribution >= 0.6 is 12.4 Å². The number of aryl methyl sites for hydroxylation is 1. The molecule has 4 heteroatoms. The Kier molecular flexibility index (Phi) is 7.84. The van der Waals surface area contributed by atoms with E-state index >= 15 is 0 Å². The van der Waals surface area contributed by atoms with E-state index in [2.05, 4.69) is 50.4 Å². The van der Waals surface area contributed by atoms with Gasteiger partial charge in [0, 0.05) is 24.4 Å². The summed E-state index contributed by atoms with van der Waals surface area (Å²) in [6.45, 7) is 9.29. The van der Waals surface area contributed by atoms with Gasteiger partial charge in [-0.1, -0.05) is 52.0 Å². The Bertz CT molecular complexity index is 415. The molecule has 0 saturated carbocycles. The molecule has 0 spiro atoms. The number of hydrogen-bond acceptors (Lipinski definition) is 2. The van der Waals surface area contributed by atoms with Crippen molar-refractivity contribution >= 4 is 18.3 Å². The number of amides is 1. The summed E-state index contributed by atoms with van der Waals surface area (Å²) in [6.07, 6.45) is 1.05. The highest BCUT2D eigenvalue weighted by Crippen LogP contribution is 2.22. The summed E-state index contributed by atoms with van der Waals surface area (Å²) in [5, 5.41) is 2.98. The van der Waals surface area contributed by atoms with Gasteiger partial charge in [0.2, 0.25) is 5.91 Å². The maximum Gasteiger partial charge on any atom is 0.224 e. The second kappa shape index (κ2) is 8.28. The average molecular weight is 299 g/mol. The molecule has 0 aliphatic carbocycles. The van der Waals surface area contributed by atoms with E-state index in [0.29, 0.717) is 13.1 Å². The van der Waals surface area contributed by atoms with Gasteiger partial charge >= 0.3 is 0 Å². The summed E-state index contributed by atoms with van der Waals surface area (Å²) < 4.78 is 0. The first kappa shape index (κ1) is 18.9. The zero-order chi connectivity index (χ0) is 14.5. The van der Waals surface area contributed by atoms with Gasteiger partial charge in [-0.3, -0.25) is 4.79 Å². The smallest absolute Gasteiger partial charge is 0.224 e. The largest absolute Gasteiger partial charge is 0.355 e. The Hall–Kier alpha value is -1.06. The van der Waals surface area contributed by atoms with Crippen molar-refractivity contribution in [1.29, 1.82) is 0 Å². The number of nitrogens with one attached hydrogen (secondary N) is 1. The van der Waals surface area contributed by atoms with Gasteiger partial charge in [-0.25, -0.2) is 0 Å². The summed E-state index contributed by atoms with van der Waals surface area (Å²) in [5.74, 6) is -0.0981. The SMILES string of the molecule is CCc1ccc(C(C)(C)CNC(=O)C(C)CN)cc1.Cl. The van der Waals surface area contributed by atoms with Crippen molar-refractivity contribution < 1.29 is 4.79 Å². The molecule has 0 bridgehead atoms. The third-order valence-electron chi connectivity index (χ3n) is 3.65. The Balaban J connectivity index is 0.00000361. The lowest BCUT2D eigenvalue weighted by Crippen LogP contribution is -2.40.